The average molecular weight is 1130 g/mol. The van der Waals surface area contributed by atoms with Crippen molar-refractivity contribution in [2.45, 2.75) is 84.7 Å². The summed E-state index contributed by atoms with van der Waals surface area (Å²) in [5, 5.41) is 26.0. The third-order valence-electron chi connectivity index (χ3n) is 14.7. The van der Waals surface area contributed by atoms with Crippen LogP contribution in [-0.2, 0) is 32.1 Å². The van der Waals surface area contributed by atoms with E-state index in [0.717, 1.165) is 77.7 Å². The number of Topliss-reactive ketones (excluding diaryl/α,β-unsaturated/α-hetero) is 1. The van der Waals surface area contributed by atoms with E-state index < -0.39 is 36.2 Å². The second-order valence-electron chi connectivity index (χ2n) is 20.4. The van der Waals surface area contributed by atoms with Gasteiger partial charge in [0.15, 0.2) is 12.4 Å². The second kappa shape index (κ2) is 28.7. The number of rotatable bonds is 27. The number of carbonyl (C=O) groups excluding carboxylic acids is 7. The zero-order valence-electron chi connectivity index (χ0n) is 46.1. The van der Waals surface area contributed by atoms with Gasteiger partial charge >= 0.3 is 0 Å². The Hall–Kier alpha value is -8.61. The number of anilines is 3. The molecule has 0 radical (unpaired) electrons. The van der Waals surface area contributed by atoms with Gasteiger partial charge in [0, 0.05) is 53.8 Å². The number of pyridine rings is 1. The first-order valence-electron chi connectivity index (χ1n) is 27.5. The number of methoxy groups -OCH3 is 1. The number of carboxylic acids is 1. The monoisotopic (exact) mass is 1130 g/mol. The van der Waals surface area contributed by atoms with Gasteiger partial charge in [-0.05, 0) is 152 Å². The zero-order chi connectivity index (χ0) is 58.1. The fourth-order valence-corrected chi connectivity index (χ4v) is 10.6. The molecule has 8 rings (SSSR count). The van der Waals surface area contributed by atoms with Crippen LogP contribution in [0.3, 0.4) is 0 Å². The van der Waals surface area contributed by atoms with Crippen molar-refractivity contribution >= 4 is 70.0 Å². The minimum absolute atomic E-state index is 0.0175. The van der Waals surface area contributed by atoms with Crippen molar-refractivity contribution in [1.29, 1.82) is 0 Å². The van der Waals surface area contributed by atoms with Crippen LogP contribution in [0.1, 0.15) is 122 Å². The fourth-order valence-electron chi connectivity index (χ4n) is 10.3. The average Bonchev–Trinajstić information content (AvgIpc) is 4.33. The van der Waals surface area contributed by atoms with Crippen LogP contribution in [0.2, 0.25) is 5.02 Å². The molecule has 1 saturated carbocycles. The Bertz CT molecular complexity index is 3330. The highest BCUT2D eigenvalue weighted by molar-refractivity contribution is 6.34. The normalized spacial score (nSPS) is 13.7. The van der Waals surface area contributed by atoms with Gasteiger partial charge in [-0.2, -0.15) is 0 Å². The third kappa shape index (κ3) is 15.8. The Morgan fingerprint density at radius 2 is 1.35 bits per heavy atom. The molecule has 1 unspecified atom stereocenters. The summed E-state index contributed by atoms with van der Waals surface area (Å²) in [6.45, 7) is 4.00. The van der Waals surface area contributed by atoms with Crippen molar-refractivity contribution in [3.63, 3.8) is 0 Å². The molecule has 1 atom stereocenters. The molecule has 0 spiro atoms. The molecule has 2 aliphatic carbocycles. The molecule has 1 heterocycles. The van der Waals surface area contributed by atoms with Gasteiger partial charge in [-0.25, -0.2) is 0 Å². The number of unbranched alkanes of at least 4 members (excludes halogenated alkanes) is 4. The number of benzene rings is 5. The Labute approximate surface area is 481 Å². The van der Waals surface area contributed by atoms with Crippen LogP contribution in [0.25, 0.3) is 11.1 Å². The van der Waals surface area contributed by atoms with Crippen molar-refractivity contribution in [1.82, 2.24) is 15.6 Å². The van der Waals surface area contributed by atoms with E-state index >= 15 is 0 Å². The number of carbonyl (C=O) groups is 7. The van der Waals surface area contributed by atoms with Gasteiger partial charge in [0.05, 0.1) is 29.4 Å². The van der Waals surface area contributed by atoms with Crippen LogP contribution in [-0.4, -0.2) is 86.3 Å². The molecule has 2 aliphatic rings. The molecule has 19 heteroatoms. The maximum Gasteiger partial charge on any atom is 0.274 e. The highest BCUT2D eigenvalue weighted by atomic mass is 35.5. The topological polar surface area (TPSA) is 253 Å². The molecule has 6 aromatic rings. The molecule has 0 aliphatic heterocycles. The smallest absolute Gasteiger partial charge is 0.274 e. The van der Waals surface area contributed by atoms with Crippen LogP contribution < -0.4 is 45.9 Å². The number of aromatic carboxylic acids is 1. The Kier molecular flexibility index (Phi) is 20.8. The summed E-state index contributed by atoms with van der Waals surface area (Å²) in [4.78, 5) is 92.9. The quantitative estimate of drug-likeness (QED) is 0.0302. The van der Waals surface area contributed by atoms with E-state index in [2.05, 4.69) is 31.6 Å². The van der Waals surface area contributed by atoms with E-state index in [1.165, 1.54) is 56.5 Å². The van der Waals surface area contributed by atoms with Crippen LogP contribution in [0.5, 0.6) is 17.2 Å². The van der Waals surface area contributed by atoms with Crippen molar-refractivity contribution in [2.24, 2.45) is 11.8 Å². The summed E-state index contributed by atoms with van der Waals surface area (Å²) in [5.41, 5.74) is 7.39. The molecule has 82 heavy (non-hydrogen) atoms. The lowest BCUT2D eigenvalue weighted by atomic mass is 9.87. The number of halogens is 1. The molecule has 428 valence electrons. The van der Waals surface area contributed by atoms with E-state index in [-0.39, 0.29) is 70.8 Å². The number of amides is 5. The number of hydrogen-bond acceptors (Lipinski definition) is 13. The molecule has 1 fully saturated rings. The van der Waals surface area contributed by atoms with Gasteiger partial charge in [-0.1, -0.05) is 74.0 Å². The van der Waals surface area contributed by atoms with E-state index in [1.807, 2.05) is 44.2 Å². The standard InChI is InChI=1S/C63H67ClN6O12/c1-38-39(2)59-44(30-48(60(59)74)41-15-7-8-16-41)31-54(38)81-34-40-14-13-17-42(28-40)43-19-24-53(49(29-43)63(77)78)82-37-57(72)67-27-11-6-4-5-10-26-66-56(71)35-80-36-58(73)68-45-20-22-47(50(64)32-45)61(75)70-51-23-21-46(33-55(51)79-3)69-62(76)52-18-9-12-25-65-52/h9,12-14,17-25,28-29,31-33,41,48H,4-8,10-11,15-16,26-27,30,34-37H2,1-3H3,(H,66,71)(H,67,72)(H,68,73)(H,69,76)(H,70,75)(H,77,78)/p-1. The Balaban J connectivity index is 0.669. The maximum absolute atomic E-state index is 13.5. The predicted molar refractivity (Wildman–Crippen MR) is 309 cm³/mol. The minimum Gasteiger partial charge on any atom is -0.545 e. The van der Waals surface area contributed by atoms with Crippen LogP contribution in [0.15, 0.2) is 109 Å². The number of fused-ring (bicyclic) bond motifs is 1. The van der Waals surface area contributed by atoms with Crippen molar-refractivity contribution in [2.75, 3.05) is 56.0 Å². The predicted octanol–water partition coefficient (Wildman–Crippen LogP) is 9.24. The number of ether oxygens (including phenoxy) is 4. The fraction of sp³-hybridized carbons (Fsp3) is 0.333. The minimum atomic E-state index is -1.43. The first-order valence-corrected chi connectivity index (χ1v) is 27.8. The van der Waals surface area contributed by atoms with Gasteiger partial charge in [0.25, 0.3) is 17.7 Å². The molecule has 1 aromatic heterocycles. The molecule has 5 aromatic carbocycles. The number of hydrogen-bond donors (Lipinski definition) is 5. The van der Waals surface area contributed by atoms with Crippen molar-refractivity contribution in [3.8, 4) is 28.4 Å². The van der Waals surface area contributed by atoms with Crippen LogP contribution >= 0.6 is 11.6 Å². The Morgan fingerprint density at radius 1 is 0.646 bits per heavy atom. The maximum atomic E-state index is 13.5. The number of carboxylic acid groups (broad SMARTS) is 1. The highest BCUT2D eigenvalue weighted by Gasteiger charge is 2.39. The summed E-state index contributed by atoms with van der Waals surface area (Å²) in [7, 11) is 1.42. The summed E-state index contributed by atoms with van der Waals surface area (Å²) >= 11 is 6.42. The molecule has 5 N–H and O–H groups in total. The lowest BCUT2D eigenvalue weighted by molar-refractivity contribution is -0.255. The van der Waals surface area contributed by atoms with E-state index in [4.69, 9.17) is 30.5 Å². The largest absolute Gasteiger partial charge is 0.545 e. The number of nitrogens with zero attached hydrogens (tertiary/aromatic N) is 1. The third-order valence-corrected chi connectivity index (χ3v) is 15.0. The van der Waals surface area contributed by atoms with Gasteiger partial charge in [-0.15, -0.1) is 0 Å². The first-order chi connectivity index (χ1) is 39.6. The second-order valence-corrected chi connectivity index (χ2v) is 20.8. The van der Waals surface area contributed by atoms with Crippen LogP contribution in [0, 0.1) is 25.7 Å². The molecule has 5 amide bonds. The molecular weight excluding hydrogens is 1070 g/mol. The summed E-state index contributed by atoms with van der Waals surface area (Å²) in [6.07, 6.45) is 10.9. The van der Waals surface area contributed by atoms with E-state index in [1.54, 1.807) is 42.5 Å². The Morgan fingerprint density at radius 3 is 2.07 bits per heavy atom. The number of ketones is 1. The SMILES string of the molecule is COc1cc(NC(=O)c2ccccn2)ccc1NC(=O)c1ccc(NC(=O)COCC(=O)NCCCCCCCNC(=O)COc2ccc(-c3cccc(COc4cc5c(c(C)c4C)C(=O)C(C4CCCC4)C5)c3)cc2C(=O)[O-])cc1Cl. The molecule has 18 nitrogen and oxygen atoms in total. The van der Waals surface area contributed by atoms with Crippen LogP contribution in [0.4, 0.5) is 17.1 Å². The highest BCUT2D eigenvalue weighted by Crippen LogP contribution is 2.43. The van der Waals surface area contributed by atoms with Gasteiger partial charge in [0.1, 0.15) is 42.8 Å². The van der Waals surface area contributed by atoms with Gasteiger partial charge in [0.2, 0.25) is 11.8 Å². The van der Waals surface area contributed by atoms with E-state index in [9.17, 15) is 38.7 Å². The summed E-state index contributed by atoms with van der Waals surface area (Å²) < 4.78 is 22.7. The lowest BCUT2D eigenvalue weighted by Gasteiger charge is -2.16. The van der Waals surface area contributed by atoms with E-state index in [0.29, 0.717) is 54.5 Å². The van der Waals surface area contributed by atoms with Gasteiger partial charge < -0.3 is 55.4 Å². The lowest BCUT2D eigenvalue weighted by Crippen LogP contribution is -2.30. The van der Waals surface area contributed by atoms with Crippen molar-refractivity contribution in [3.05, 3.63) is 159 Å². The summed E-state index contributed by atoms with van der Waals surface area (Å²) in [5.74, 6) is -1.83. The molecular formula is C63H66ClN6O12-. The first kappa shape index (κ1) is 59.5. The molecule has 0 bridgehead atoms. The number of nitrogens with one attached hydrogen (secondary N) is 5. The number of aromatic nitrogens is 1. The zero-order valence-corrected chi connectivity index (χ0v) is 46.8. The van der Waals surface area contributed by atoms with Crippen molar-refractivity contribution < 1.29 is 57.6 Å². The van der Waals surface area contributed by atoms with Gasteiger partial charge in [-0.3, -0.25) is 33.8 Å². The summed E-state index contributed by atoms with van der Waals surface area (Å²) in [6, 6.07) is 28.4. The molecule has 0 saturated heterocycles.